The van der Waals surface area contributed by atoms with Crippen LogP contribution in [0.15, 0.2) is 77.0 Å². The quantitative estimate of drug-likeness (QED) is 0.554. The van der Waals surface area contributed by atoms with Gasteiger partial charge in [0.15, 0.2) is 0 Å². The molecule has 1 aliphatic heterocycles. The molecule has 8 nitrogen and oxygen atoms in total. The average Bonchev–Trinajstić information content (AvgIpc) is 3.38. The van der Waals surface area contributed by atoms with Crippen LogP contribution >= 0.6 is 0 Å². The lowest BCUT2D eigenvalue weighted by atomic mass is 10.0. The largest absolute Gasteiger partial charge is 0.496 e. The van der Waals surface area contributed by atoms with Crippen LogP contribution in [-0.4, -0.2) is 29.7 Å². The number of carbonyl (C=O) groups excluding carboxylic acids is 3. The van der Waals surface area contributed by atoms with Crippen LogP contribution in [0.3, 0.4) is 0 Å². The van der Waals surface area contributed by atoms with Crippen LogP contribution in [0.2, 0.25) is 0 Å². The van der Waals surface area contributed by atoms with E-state index in [0.29, 0.717) is 28.4 Å². The smallest absolute Gasteiger partial charge is 0.278 e. The van der Waals surface area contributed by atoms with E-state index >= 15 is 0 Å². The Morgan fingerprint density at radius 2 is 1.69 bits per heavy atom. The van der Waals surface area contributed by atoms with Crippen molar-refractivity contribution in [3.8, 4) is 5.75 Å². The van der Waals surface area contributed by atoms with Crippen LogP contribution in [0, 0.1) is 0 Å². The van der Waals surface area contributed by atoms with Gasteiger partial charge in [-0.2, -0.15) is 0 Å². The summed E-state index contributed by atoms with van der Waals surface area (Å²) in [6.45, 7) is 1.43. The molecule has 0 saturated heterocycles. The van der Waals surface area contributed by atoms with Crippen molar-refractivity contribution in [2.24, 2.45) is 0 Å². The molecule has 1 aliphatic rings. The highest BCUT2D eigenvalue weighted by Gasteiger charge is 2.40. The van der Waals surface area contributed by atoms with Crippen molar-refractivity contribution in [3.63, 3.8) is 0 Å². The Morgan fingerprint density at radius 1 is 0.969 bits per heavy atom. The van der Waals surface area contributed by atoms with Gasteiger partial charge in [-0.1, -0.05) is 18.2 Å². The zero-order valence-corrected chi connectivity index (χ0v) is 17.5. The second-order valence-electron chi connectivity index (χ2n) is 7.11. The molecule has 0 radical (unpaired) electrons. The first-order valence-corrected chi connectivity index (χ1v) is 9.89. The molecular formula is C24H21N3O5. The van der Waals surface area contributed by atoms with Crippen molar-refractivity contribution >= 4 is 34.7 Å². The first-order valence-electron chi connectivity index (χ1n) is 9.89. The molecule has 2 N–H and O–H groups in total. The lowest BCUT2D eigenvalue weighted by Crippen LogP contribution is -2.31. The summed E-state index contributed by atoms with van der Waals surface area (Å²) in [6, 6.07) is 17.3. The topological polar surface area (TPSA) is 101 Å². The van der Waals surface area contributed by atoms with E-state index in [1.54, 1.807) is 60.7 Å². The summed E-state index contributed by atoms with van der Waals surface area (Å²) in [6.07, 6.45) is 1.49. The summed E-state index contributed by atoms with van der Waals surface area (Å²) in [5.74, 6) is -0.140. The lowest BCUT2D eigenvalue weighted by Gasteiger charge is -2.14. The van der Waals surface area contributed by atoms with Crippen molar-refractivity contribution < 1.29 is 23.5 Å². The first kappa shape index (κ1) is 20.9. The molecule has 0 aliphatic carbocycles. The fourth-order valence-electron chi connectivity index (χ4n) is 3.48. The van der Waals surface area contributed by atoms with E-state index in [9.17, 15) is 14.4 Å². The molecule has 0 fully saturated rings. The number of rotatable bonds is 7. The molecule has 0 spiro atoms. The van der Waals surface area contributed by atoms with Crippen LogP contribution in [0.4, 0.5) is 11.4 Å². The molecule has 0 bridgehead atoms. The number of benzene rings is 2. The van der Waals surface area contributed by atoms with Crippen LogP contribution in [0.1, 0.15) is 18.2 Å². The predicted molar refractivity (Wildman–Crippen MR) is 119 cm³/mol. The normalized spacial score (nSPS) is 13.5. The van der Waals surface area contributed by atoms with E-state index in [4.69, 9.17) is 9.15 Å². The highest BCUT2D eigenvalue weighted by molar-refractivity contribution is 6.36. The van der Waals surface area contributed by atoms with E-state index in [0.717, 1.165) is 4.90 Å². The Balaban J connectivity index is 1.73. The van der Waals surface area contributed by atoms with Gasteiger partial charge in [0.1, 0.15) is 17.2 Å². The molecule has 1 aromatic heterocycles. The van der Waals surface area contributed by atoms with Gasteiger partial charge in [-0.15, -0.1) is 0 Å². The molecule has 8 heteroatoms. The van der Waals surface area contributed by atoms with Gasteiger partial charge in [-0.25, -0.2) is 0 Å². The molecule has 3 aromatic rings. The minimum atomic E-state index is -0.474. The second-order valence-corrected chi connectivity index (χ2v) is 7.11. The Hall–Kier alpha value is -4.33. The predicted octanol–water partition coefficient (Wildman–Crippen LogP) is 3.64. The Morgan fingerprint density at radius 3 is 2.34 bits per heavy atom. The van der Waals surface area contributed by atoms with E-state index in [1.807, 2.05) is 0 Å². The molecule has 0 atom stereocenters. The molecule has 32 heavy (non-hydrogen) atoms. The first-order chi connectivity index (χ1) is 15.5. The standard InChI is InChI=1S/C24H21N3O5/c1-15(28)25-16-9-11-17(12-10-16)26-22-21(19-7-3-4-8-20(19)31-2)23(29)27(24(22)30)14-18-6-5-13-32-18/h3-13,26H,14H2,1-2H3,(H,25,28). The highest BCUT2D eigenvalue weighted by Crippen LogP contribution is 2.36. The van der Waals surface area contributed by atoms with Gasteiger partial charge >= 0.3 is 0 Å². The molecular weight excluding hydrogens is 410 g/mol. The fourth-order valence-corrected chi connectivity index (χ4v) is 3.48. The van der Waals surface area contributed by atoms with Gasteiger partial charge in [0.25, 0.3) is 11.8 Å². The van der Waals surface area contributed by atoms with Crippen LogP contribution in [0.5, 0.6) is 5.75 Å². The minimum Gasteiger partial charge on any atom is -0.496 e. The maximum absolute atomic E-state index is 13.3. The number of imide groups is 1. The number of para-hydroxylation sites is 1. The summed E-state index contributed by atoms with van der Waals surface area (Å²) in [5.41, 5.74) is 2.06. The molecule has 3 amide bonds. The lowest BCUT2D eigenvalue weighted by molar-refractivity contribution is -0.137. The van der Waals surface area contributed by atoms with Gasteiger partial charge in [0.2, 0.25) is 5.91 Å². The van der Waals surface area contributed by atoms with E-state index in [-0.39, 0.29) is 23.7 Å². The summed E-state index contributed by atoms with van der Waals surface area (Å²) in [5, 5.41) is 5.77. The fraction of sp³-hybridized carbons (Fsp3) is 0.125. The summed E-state index contributed by atoms with van der Waals surface area (Å²) in [7, 11) is 1.51. The third kappa shape index (κ3) is 4.11. The number of methoxy groups -OCH3 is 1. The monoisotopic (exact) mass is 431 g/mol. The van der Waals surface area contributed by atoms with Crippen molar-refractivity contribution in [1.29, 1.82) is 0 Å². The third-order valence-corrected chi connectivity index (χ3v) is 4.91. The van der Waals surface area contributed by atoms with Gasteiger partial charge < -0.3 is 19.8 Å². The number of ether oxygens (including phenoxy) is 1. The maximum Gasteiger partial charge on any atom is 0.278 e. The number of nitrogens with zero attached hydrogens (tertiary/aromatic N) is 1. The number of hydrogen-bond donors (Lipinski definition) is 2. The van der Waals surface area contributed by atoms with Crippen LogP contribution in [-0.2, 0) is 20.9 Å². The summed E-state index contributed by atoms with van der Waals surface area (Å²) < 4.78 is 10.8. The molecule has 162 valence electrons. The van der Waals surface area contributed by atoms with E-state index in [1.165, 1.54) is 20.3 Å². The van der Waals surface area contributed by atoms with Crippen molar-refractivity contribution in [2.45, 2.75) is 13.5 Å². The van der Waals surface area contributed by atoms with Gasteiger partial charge in [-0.3, -0.25) is 19.3 Å². The molecule has 0 unspecified atom stereocenters. The number of furan rings is 1. The molecule has 0 saturated carbocycles. The molecule has 4 rings (SSSR count). The van der Waals surface area contributed by atoms with Gasteiger partial charge in [0, 0.05) is 23.9 Å². The highest BCUT2D eigenvalue weighted by atomic mass is 16.5. The zero-order valence-electron chi connectivity index (χ0n) is 17.5. The van der Waals surface area contributed by atoms with E-state index in [2.05, 4.69) is 10.6 Å². The second kappa shape index (κ2) is 8.81. The minimum absolute atomic E-state index is 0.00989. The van der Waals surface area contributed by atoms with Crippen LogP contribution < -0.4 is 15.4 Å². The summed E-state index contributed by atoms with van der Waals surface area (Å²) >= 11 is 0. The molecule has 2 aromatic carbocycles. The Bertz CT molecular complexity index is 1200. The van der Waals surface area contributed by atoms with Crippen molar-refractivity contribution in [1.82, 2.24) is 4.90 Å². The number of amides is 3. The number of hydrogen-bond acceptors (Lipinski definition) is 6. The Labute approximate surface area is 184 Å². The zero-order chi connectivity index (χ0) is 22.7. The van der Waals surface area contributed by atoms with Crippen molar-refractivity contribution in [2.75, 3.05) is 17.7 Å². The number of nitrogens with one attached hydrogen (secondary N) is 2. The SMILES string of the molecule is COc1ccccc1C1=C(Nc2ccc(NC(C)=O)cc2)C(=O)N(Cc2ccco2)C1=O. The number of carbonyl (C=O) groups is 3. The van der Waals surface area contributed by atoms with E-state index < -0.39 is 11.8 Å². The Kier molecular flexibility index (Phi) is 5.76. The molecule has 2 heterocycles. The average molecular weight is 431 g/mol. The van der Waals surface area contributed by atoms with Gasteiger partial charge in [0.05, 0.1) is 25.5 Å². The third-order valence-electron chi connectivity index (χ3n) is 4.91. The number of anilines is 2. The van der Waals surface area contributed by atoms with Crippen LogP contribution in [0.25, 0.3) is 5.57 Å². The van der Waals surface area contributed by atoms with Gasteiger partial charge in [-0.05, 0) is 42.5 Å². The maximum atomic E-state index is 13.3. The summed E-state index contributed by atoms with van der Waals surface area (Å²) in [4.78, 5) is 39.0. The van der Waals surface area contributed by atoms with Crippen molar-refractivity contribution in [3.05, 3.63) is 83.9 Å².